The molecular formula is C9H7O4. The fraction of sp³-hybridized carbons (Fsp3) is 0.111. The highest BCUT2D eigenvalue weighted by molar-refractivity contribution is 5.87. The predicted octanol–water partition coefficient (Wildman–Crippen LogP) is 0.528. The van der Waals surface area contributed by atoms with Crippen LogP contribution in [0.5, 0.6) is 0 Å². The van der Waals surface area contributed by atoms with Gasteiger partial charge in [0.15, 0.2) is 0 Å². The zero-order chi connectivity index (χ0) is 9.84. The first kappa shape index (κ1) is 9.41. The van der Waals surface area contributed by atoms with Crippen molar-refractivity contribution in [1.29, 1.82) is 0 Å². The summed E-state index contributed by atoms with van der Waals surface area (Å²) in [7, 11) is 0. The Kier molecular flexibility index (Phi) is 2.76. The van der Waals surface area contributed by atoms with E-state index in [-0.39, 0.29) is 5.56 Å². The topological polar surface area (TPSA) is 74.6 Å². The average molecular weight is 179 g/mol. The van der Waals surface area contributed by atoms with Crippen molar-refractivity contribution in [3.05, 3.63) is 35.4 Å². The summed E-state index contributed by atoms with van der Waals surface area (Å²) < 4.78 is 0. The lowest BCUT2D eigenvalue weighted by atomic mass is 10.1. The van der Waals surface area contributed by atoms with Crippen molar-refractivity contribution in [2.24, 2.45) is 0 Å². The number of aliphatic hydroxyl groups excluding tert-OH is 1. The first-order valence-electron chi connectivity index (χ1n) is 3.54. The average Bonchev–Trinajstić information content (AvgIpc) is 2.17. The molecular weight excluding hydrogens is 172 g/mol. The Hall–Kier alpha value is -1.68. The lowest BCUT2D eigenvalue weighted by Gasteiger charge is -2.01. The Morgan fingerprint density at radius 2 is 1.85 bits per heavy atom. The number of rotatable bonds is 3. The maximum absolute atomic E-state index is 10.4. The molecule has 0 bridgehead atoms. The van der Waals surface area contributed by atoms with E-state index in [4.69, 9.17) is 10.2 Å². The van der Waals surface area contributed by atoms with Crippen LogP contribution in [0.4, 0.5) is 0 Å². The van der Waals surface area contributed by atoms with Crippen LogP contribution in [-0.2, 0) is 4.79 Å². The van der Waals surface area contributed by atoms with Crippen LogP contribution in [0.3, 0.4) is 0 Å². The number of benzene rings is 1. The summed E-state index contributed by atoms with van der Waals surface area (Å²) in [5, 5.41) is 17.5. The summed E-state index contributed by atoms with van der Waals surface area (Å²) in [5.41, 5.74) is 0.446. The molecule has 0 aliphatic rings. The molecule has 2 N–H and O–H groups in total. The third kappa shape index (κ3) is 2.13. The van der Waals surface area contributed by atoms with Crippen LogP contribution in [0.1, 0.15) is 22.0 Å². The van der Waals surface area contributed by atoms with E-state index in [1.165, 1.54) is 30.6 Å². The second-order valence-corrected chi connectivity index (χ2v) is 2.45. The molecule has 0 saturated carbocycles. The maximum Gasteiger partial charge on any atom is 0.335 e. The third-order valence-electron chi connectivity index (χ3n) is 1.59. The lowest BCUT2D eigenvalue weighted by Crippen LogP contribution is -2.00. The van der Waals surface area contributed by atoms with E-state index in [0.29, 0.717) is 5.56 Å². The van der Waals surface area contributed by atoms with Crippen LogP contribution in [0, 0.1) is 0 Å². The SMILES string of the molecule is O=[C]C(O)c1ccc(C(=O)O)cc1. The molecule has 13 heavy (non-hydrogen) atoms. The van der Waals surface area contributed by atoms with Gasteiger partial charge in [-0.3, -0.25) is 4.79 Å². The summed E-state index contributed by atoms with van der Waals surface area (Å²) in [6.45, 7) is 0. The monoisotopic (exact) mass is 179 g/mol. The first-order valence-corrected chi connectivity index (χ1v) is 3.54. The third-order valence-corrected chi connectivity index (χ3v) is 1.59. The van der Waals surface area contributed by atoms with Gasteiger partial charge in [0, 0.05) is 0 Å². The molecule has 1 atom stereocenters. The minimum Gasteiger partial charge on any atom is -0.478 e. The van der Waals surface area contributed by atoms with Gasteiger partial charge in [-0.2, -0.15) is 0 Å². The van der Waals surface area contributed by atoms with Crippen molar-refractivity contribution in [1.82, 2.24) is 0 Å². The smallest absolute Gasteiger partial charge is 0.335 e. The van der Waals surface area contributed by atoms with Crippen molar-refractivity contribution < 1.29 is 19.8 Å². The molecule has 1 aromatic rings. The summed E-state index contributed by atoms with van der Waals surface area (Å²) in [5.74, 6) is -1.05. The zero-order valence-electron chi connectivity index (χ0n) is 6.60. The van der Waals surface area contributed by atoms with Crippen LogP contribution in [0.15, 0.2) is 24.3 Å². The molecule has 1 unspecified atom stereocenters. The number of hydrogen-bond acceptors (Lipinski definition) is 3. The summed E-state index contributed by atoms with van der Waals surface area (Å²) in [6, 6.07) is 5.38. The van der Waals surface area contributed by atoms with Crippen molar-refractivity contribution >= 4 is 12.3 Å². The fourth-order valence-electron chi connectivity index (χ4n) is 0.876. The normalized spacial score (nSPS) is 12.1. The van der Waals surface area contributed by atoms with Crippen molar-refractivity contribution in [3.8, 4) is 0 Å². The van der Waals surface area contributed by atoms with Crippen LogP contribution in [-0.4, -0.2) is 22.5 Å². The quantitative estimate of drug-likeness (QED) is 0.709. The second kappa shape index (κ2) is 3.82. The van der Waals surface area contributed by atoms with Gasteiger partial charge in [0.2, 0.25) is 6.29 Å². The molecule has 0 fully saturated rings. The van der Waals surface area contributed by atoms with Gasteiger partial charge in [-0.1, -0.05) is 12.1 Å². The summed E-state index contributed by atoms with van der Waals surface area (Å²) in [6.07, 6.45) is 0.0851. The van der Waals surface area contributed by atoms with Gasteiger partial charge in [0.05, 0.1) is 5.56 Å². The molecule has 4 nitrogen and oxygen atoms in total. The van der Waals surface area contributed by atoms with Crippen LogP contribution >= 0.6 is 0 Å². The predicted molar refractivity (Wildman–Crippen MR) is 44.1 cm³/mol. The van der Waals surface area contributed by atoms with E-state index in [1.807, 2.05) is 0 Å². The minimum atomic E-state index is -1.30. The van der Waals surface area contributed by atoms with Gasteiger partial charge in [-0.05, 0) is 17.7 Å². The van der Waals surface area contributed by atoms with E-state index in [0.717, 1.165) is 0 Å². The van der Waals surface area contributed by atoms with Crippen molar-refractivity contribution in [2.75, 3.05) is 0 Å². The second-order valence-electron chi connectivity index (χ2n) is 2.45. The Morgan fingerprint density at radius 3 is 2.23 bits per heavy atom. The molecule has 67 valence electrons. The Morgan fingerprint density at radius 1 is 1.31 bits per heavy atom. The van der Waals surface area contributed by atoms with Crippen molar-refractivity contribution in [2.45, 2.75) is 6.10 Å². The number of aliphatic hydroxyl groups is 1. The van der Waals surface area contributed by atoms with Crippen LogP contribution < -0.4 is 0 Å². The minimum absolute atomic E-state index is 0.113. The molecule has 1 aromatic carbocycles. The molecule has 0 aliphatic heterocycles. The Labute approximate surface area is 74.4 Å². The van der Waals surface area contributed by atoms with Gasteiger partial charge >= 0.3 is 5.97 Å². The van der Waals surface area contributed by atoms with E-state index in [2.05, 4.69) is 0 Å². The van der Waals surface area contributed by atoms with Crippen molar-refractivity contribution in [3.63, 3.8) is 0 Å². The molecule has 0 spiro atoms. The van der Waals surface area contributed by atoms with E-state index in [9.17, 15) is 9.59 Å². The number of aromatic carboxylic acids is 1. The number of carboxylic acid groups (broad SMARTS) is 1. The molecule has 0 amide bonds. The number of carbonyl (C=O) groups is 1. The van der Waals surface area contributed by atoms with E-state index >= 15 is 0 Å². The number of carbonyl (C=O) groups excluding carboxylic acids is 1. The molecule has 4 heteroatoms. The van der Waals surface area contributed by atoms with Gasteiger partial charge in [0.1, 0.15) is 6.10 Å². The Bertz CT molecular complexity index is 315. The maximum atomic E-state index is 10.4. The standard InChI is InChI=1S/C9H7O4/c10-5-8(11)6-1-3-7(4-2-6)9(12)13/h1-4,8,11H,(H,12,13). The largest absolute Gasteiger partial charge is 0.478 e. The number of carboxylic acids is 1. The summed E-state index contributed by atoms with van der Waals surface area (Å²) >= 11 is 0. The van der Waals surface area contributed by atoms with Crippen LogP contribution in [0.2, 0.25) is 0 Å². The molecule has 0 heterocycles. The molecule has 1 rings (SSSR count). The first-order chi connectivity index (χ1) is 6.15. The van der Waals surface area contributed by atoms with Gasteiger partial charge < -0.3 is 10.2 Å². The highest BCUT2D eigenvalue weighted by atomic mass is 16.4. The van der Waals surface area contributed by atoms with Crippen LogP contribution in [0.25, 0.3) is 0 Å². The van der Waals surface area contributed by atoms with E-state index in [1.54, 1.807) is 0 Å². The summed E-state index contributed by atoms with van der Waals surface area (Å²) in [4.78, 5) is 20.4. The molecule has 1 radical (unpaired) electrons. The molecule has 0 aliphatic carbocycles. The lowest BCUT2D eigenvalue weighted by molar-refractivity contribution is 0.0697. The highest BCUT2D eigenvalue weighted by Crippen LogP contribution is 2.11. The van der Waals surface area contributed by atoms with Gasteiger partial charge in [0.25, 0.3) is 0 Å². The zero-order valence-corrected chi connectivity index (χ0v) is 6.60. The van der Waals surface area contributed by atoms with Gasteiger partial charge in [-0.15, -0.1) is 0 Å². The Balaban J connectivity index is 2.93. The van der Waals surface area contributed by atoms with E-state index < -0.39 is 12.1 Å². The highest BCUT2D eigenvalue weighted by Gasteiger charge is 2.07. The number of hydrogen-bond donors (Lipinski definition) is 2. The molecule has 0 saturated heterocycles. The fourth-order valence-corrected chi connectivity index (χ4v) is 0.876. The van der Waals surface area contributed by atoms with Gasteiger partial charge in [-0.25, -0.2) is 4.79 Å². The molecule has 0 aromatic heterocycles.